The number of aliphatic carboxylic acids is 1. The number of benzene rings is 2. The van der Waals surface area contributed by atoms with Crippen molar-refractivity contribution in [2.24, 2.45) is 11.1 Å². The summed E-state index contributed by atoms with van der Waals surface area (Å²) in [5.74, 6) is 5.53. The van der Waals surface area contributed by atoms with Crippen LogP contribution in [0, 0.1) is 17.8 Å². The van der Waals surface area contributed by atoms with Crippen molar-refractivity contribution in [1.29, 1.82) is 0 Å². The van der Waals surface area contributed by atoms with Crippen LogP contribution in [0.15, 0.2) is 78.0 Å². The number of allylic oxidation sites excluding steroid dienone is 3. The Kier molecular flexibility index (Phi) is 8.85. The predicted molar refractivity (Wildman–Crippen MR) is 128 cm³/mol. The molecule has 0 heterocycles. The second-order valence-corrected chi connectivity index (χ2v) is 7.56. The van der Waals surface area contributed by atoms with Crippen molar-refractivity contribution >= 4 is 17.3 Å². The van der Waals surface area contributed by atoms with Crippen molar-refractivity contribution in [3.8, 4) is 11.8 Å². The first kappa shape index (κ1) is 23.1. The van der Waals surface area contributed by atoms with E-state index in [1.165, 1.54) is 0 Å². The van der Waals surface area contributed by atoms with Crippen LogP contribution in [0.1, 0.15) is 36.5 Å². The first-order valence-corrected chi connectivity index (χ1v) is 10.7. The van der Waals surface area contributed by atoms with Crippen LogP contribution in [0.5, 0.6) is 0 Å². The van der Waals surface area contributed by atoms with Gasteiger partial charge in [0, 0.05) is 13.0 Å². The third-order valence-electron chi connectivity index (χ3n) is 5.01. The molecule has 0 radical (unpaired) electrons. The van der Waals surface area contributed by atoms with Crippen LogP contribution in [0.4, 0.5) is 0 Å². The lowest BCUT2D eigenvalue weighted by atomic mass is 10.0. The molecule has 0 spiro atoms. The monoisotopic (exact) mass is 428 g/mol. The van der Waals surface area contributed by atoms with Gasteiger partial charge in [0.15, 0.2) is 0 Å². The van der Waals surface area contributed by atoms with E-state index in [4.69, 9.17) is 9.94 Å². The van der Waals surface area contributed by atoms with E-state index in [1.54, 1.807) is 0 Å². The van der Waals surface area contributed by atoms with E-state index >= 15 is 0 Å². The van der Waals surface area contributed by atoms with Gasteiger partial charge >= 0.3 is 5.97 Å². The minimum absolute atomic E-state index is 0.0152. The highest BCUT2D eigenvalue weighted by Gasteiger charge is 2.06. The molecule has 1 aliphatic rings. The Morgan fingerprint density at radius 2 is 1.94 bits per heavy atom. The average Bonchev–Trinajstić information content (AvgIpc) is 3.05. The van der Waals surface area contributed by atoms with E-state index < -0.39 is 5.97 Å². The van der Waals surface area contributed by atoms with Gasteiger partial charge in [0.25, 0.3) is 0 Å². The number of nitrogens with one attached hydrogen (secondary N) is 1. The molecule has 2 aromatic carbocycles. The van der Waals surface area contributed by atoms with Crippen molar-refractivity contribution in [3.05, 3.63) is 89.5 Å². The third kappa shape index (κ3) is 7.57. The molecular formula is C27H28N2O3. The number of rotatable bonds is 11. The van der Waals surface area contributed by atoms with Crippen LogP contribution in [-0.4, -0.2) is 29.9 Å². The molecule has 2 N–H and O–H groups in total. The zero-order valence-electron chi connectivity index (χ0n) is 18.3. The Hall–Kier alpha value is -3.62. The van der Waals surface area contributed by atoms with E-state index in [9.17, 15) is 4.79 Å². The van der Waals surface area contributed by atoms with E-state index in [0.717, 1.165) is 28.0 Å². The molecule has 0 fully saturated rings. The number of nitrogens with zero attached hydrogens (tertiary/aromatic N) is 1. The molecule has 1 aliphatic carbocycles. The van der Waals surface area contributed by atoms with Crippen LogP contribution in [-0.2, 0) is 16.2 Å². The van der Waals surface area contributed by atoms with Gasteiger partial charge in [-0.3, -0.25) is 4.79 Å². The molecule has 5 nitrogen and oxygen atoms in total. The molecule has 164 valence electrons. The van der Waals surface area contributed by atoms with Gasteiger partial charge in [-0.25, -0.2) is 0 Å². The van der Waals surface area contributed by atoms with Crippen LogP contribution in [0.25, 0.3) is 5.57 Å². The smallest absolute Gasteiger partial charge is 0.303 e. The summed E-state index contributed by atoms with van der Waals surface area (Å²) in [6.07, 6.45) is 6.88. The molecule has 3 rings (SSSR count). The Balaban J connectivity index is 1.44. The molecule has 0 saturated heterocycles. The number of hydrogen-bond acceptors (Lipinski definition) is 4. The highest BCUT2D eigenvalue weighted by atomic mass is 16.6. The van der Waals surface area contributed by atoms with E-state index in [0.29, 0.717) is 26.1 Å². The van der Waals surface area contributed by atoms with Crippen LogP contribution in [0.3, 0.4) is 0 Å². The molecule has 2 aromatic rings. The molecular weight excluding hydrogens is 400 g/mol. The summed E-state index contributed by atoms with van der Waals surface area (Å²) in [5.41, 5.74) is 5.18. The van der Waals surface area contributed by atoms with Crippen molar-refractivity contribution in [1.82, 2.24) is 5.32 Å². The summed E-state index contributed by atoms with van der Waals surface area (Å²) in [6.45, 7) is 3.71. The molecule has 0 amide bonds. The standard InChI is InChI=1S/C27H28N2O3/c1-21(24-15-12-22(13-16-24)19-28-18-6-11-27(30)31)29-32-20-23-7-5-10-26(17-14-23)25-8-3-2-4-9-25/h2-4,8-10,12-17,23,28H,6,11,18-20H2,1H3,(H,30,31)/b29-21+. The zero-order chi connectivity index (χ0) is 22.6. The van der Waals surface area contributed by atoms with Crippen LogP contribution >= 0.6 is 0 Å². The van der Waals surface area contributed by atoms with Crippen LogP contribution in [0.2, 0.25) is 0 Å². The van der Waals surface area contributed by atoms with Gasteiger partial charge in [0.1, 0.15) is 6.61 Å². The molecule has 1 atom stereocenters. The van der Waals surface area contributed by atoms with Crippen molar-refractivity contribution < 1.29 is 14.7 Å². The maximum absolute atomic E-state index is 10.5. The van der Waals surface area contributed by atoms with E-state index in [-0.39, 0.29) is 12.3 Å². The normalized spacial score (nSPS) is 15.3. The largest absolute Gasteiger partial charge is 0.481 e. The number of carboxylic acid groups (broad SMARTS) is 1. The molecule has 5 heteroatoms. The number of hydrogen-bond donors (Lipinski definition) is 2. The summed E-state index contributed by atoms with van der Waals surface area (Å²) in [5, 5.41) is 16.2. The molecule has 1 unspecified atom stereocenters. The third-order valence-corrected chi connectivity index (χ3v) is 5.01. The molecule has 0 aliphatic heterocycles. The quantitative estimate of drug-likeness (QED) is 0.236. The Morgan fingerprint density at radius 3 is 2.69 bits per heavy atom. The summed E-state index contributed by atoms with van der Waals surface area (Å²) in [7, 11) is 0. The lowest BCUT2D eigenvalue weighted by Gasteiger charge is -2.07. The van der Waals surface area contributed by atoms with Gasteiger partial charge < -0.3 is 15.3 Å². The van der Waals surface area contributed by atoms with Gasteiger partial charge in [0.05, 0.1) is 11.6 Å². The lowest BCUT2D eigenvalue weighted by molar-refractivity contribution is -0.137. The summed E-state index contributed by atoms with van der Waals surface area (Å²) in [4.78, 5) is 16.1. The van der Waals surface area contributed by atoms with Crippen LogP contribution < -0.4 is 5.32 Å². The zero-order valence-corrected chi connectivity index (χ0v) is 18.3. The summed E-state index contributed by atoms with van der Waals surface area (Å²) < 4.78 is 0. The molecule has 0 bridgehead atoms. The predicted octanol–water partition coefficient (Wildman–Crippen LogP) is 4.65. The van der Waals surface area contributed by atoms with Gasteiger partial charge in [-0.05, 0) is 48.2 Å². The van der Waals surface area contributed by atoms with Gasteiger partial charge in [-0.1, -0.05) is 83.7 Å². The first-order chi connectivity index (χ1) is 15.6. The lowest BCUT2D eigenvalue weighted by Crippen LogP contribution is -2.15. The fraction of sp³-hybridized carbons (Fsp3) is 0.259. The highest BCUT2D eigenvalue weighted by Crippen LogP contribution is 2.18. The second-order valence-electron chi connectivity index (χ2n) is 7.56. The van der Waals surface area contributed by atoms with E-state index in [1.807, 2.05) is 55.5 Å². The number of oxime groups is 1. The highest BCUT2D eigenvalue weighted by molar-refractivity contribution is 5.98. The molecule has 32 heavy (non-hydrogen) atoms. The fourth-order valence-corrected chi connectivity index (χ4v) is 3.18. The summed E-state index contributed by atoms with van der Waals surface area (Å²) >= 11 is 0. The SMILES string of the molecule is C/C(=N\OCC1C#CC=C(c2ccccc2)C=C1)c1ccc(CNCCCC(=O)O)cc1. The van der Waals surface area contributed by atoms with Crippen molar-refractivity contribution in [3.63, 3.8) is 0 Å². The Labute approximate surface area is 189 Å². The maximum Gasteiger partial charge on any atom is 0.303 e. The number of carboxylic acids is 1. The van der Waals surface area contributed by atoms with Gasteiger partial charge in [0.2, 0.25) is 0 Å². The van der Waals surface area contributed by atoms with Gasteiger partial charge in [-0.15, -0.1) is 0 Å². The van der Waals surface area contributed by atoms with Gasteiger partial charge in [-0.2, -0.15) is 0 Å². The average molecular weight is 429 g/mol. The van der Waals surface area contributed by atoms with Crippen molar-refractivity contribution in [2.45, 2.75) is 26.3 Å². The van der Waals surface area contributed by atoms with E-state index in [2.05, 4.69) is 46.6 Å². The molecule has 0 saturated carbocycles. The fourth-order valence-electron chi connectivity index (χ4n) is 3.18. The maximum atomic E-state index is 10.5. The minimum atomic E-state index is -0.760. The second kappa shape index (κ2) is 12.3. The number of carbonyl (C=O) groups is 1. The topological polar surface area (TPSA) is 70.9 Å². The Bertz CT molecular complexity index is 1040. The first-order valence-electron chi connectivity index (χ1n) is 10.7. The van der Waals surface area contributed by atoms with Crippen molar-refractivity contribution in [2.75, 3.05) is 13.2 Å². The minimum Gasteiger partial charge on any atom is -0.481 e. The Morgan fingerprint density at radius 1 is 1.16 bits per heavy atom. The molecule has 0 aromatic heterocycles. The summed E-state index contributed by atoms with van der Waals surface area (Å²) in [6, 6.07) is 18.3.